The zero-order chi connectivity index (χ0) is 21.5. The van der Waals surface area contributed by atoms with Crippen molar-refractivity contribution in [3.63, 3.8) is 0 Å². The van der Waals surface area contributed by atoms with Gasteiger partial charge in [-0.15, -0.1) is 10.2 Å². The van der Waals surface area contributed by atoms with E-state index in [-0.39, 0.29) is 18.4 Å². The van der Waals surface area contributed by atoms with Gasteiger partial charge in [-0.1, -0.05) is 48.0 Å². The number of hydrogen-bond acceptors (Lipinski definition) is 6. The van der Waals surface area contributed by atoms with E-state index in [9.17, 15) is 4.79 Å². The van der Waals surface area contributed by atoms with E-state index < -0.39 is 0 Å². The van der Waals surface area contributed by atoms with Gasteiger partial charge in [-0.3, -0.25) is 9.69 Å². The minimum absolute atomic E-state index is 0.00497. The number of nitrogens with one attached hydrogen (secondary N) is 1. The fraction of sp³-hybridized carbons (Fsp3) is 0.348. The molecule has 1 fully saturated rings. The van der Waals surface area contributed by atoms with Crippen molar-refractivity contribution >= 4 is 17.5 Å². The van der Waals surface area contributed by atoms with E-state index in [1.54, 1.807) is 0 Å². The number of rotatable bonds is 8. The van der Waals surface area contributed by atoms with Crippen molar-refractivity contribution in [1.82, 2.24) is 20.4 Å². The van der Waals surface area contributed by atoms with E-state index in [0.29, 0.717) is 43.0 Å². The second-order valence-electron chi connectivity index (χ2n) is 7.36. The smallest absolute Gasteiger partial charge is 0.247 e. The number of nitrogens with zero attached hydrogens (tertiary/aromatic N) is 3. The van der Waals surface area contributed by atoms with Crippen molar-refractivity contribution < 1.29 is 13.9 Å². The molecule has 0 saturated carbocycles. The average molecular weight is 441 g/mol. The number of aryl methyl sites for hydroxylation is 1. The molecule has 0 bridgehead atoms. The summed E-state index contributed by atoms with van der Waals surface area (Å²) in [6, 6.07) is 17.3. The predicted molar refractivity (Wildman–Crippen MR) is 118 cm³/mol. The molecule has 1 aliphatic rings. The first-order valence-corrected chi connectivity index (χ1v) is 10.8. The molecule has 1 amide bonds. The number of aromatic nitrogens is 2. The third-order valence-corrected chi connectivity index (χ3v) is 5.64. The highest BCUT2D eigenvalue weighted by Crippen LogP contribution is 2.27. The number of halogens is 1. The minimum Gasteiger partial charge on any atom is -0.421 e. The van der Waals surface area contributed by atoms with Crippen molar-refractivity contribution in [3.8, 4) is 11.5 Å². The van der Waals surface area contributed by atoms with Gasteiger partial charge in [0.15, 0.2) is 0 Å². The average Bonchev–Trinajstić information content (AvgIpc) is 3.29. The van der Waals surface area contributed by atoms with Crippen molar-refractivity contribution in [2.45, 2.75) is 18.9 Å². The Morgan fingerprint density at radius 3 is 2.58 bits per heavy atom. The molecule has 1 aromatic heterocycles. The van der Waals surface area contributed by atoms with Crippen LogP contribution in [0, 0.1) is 0 Å². The molecule has 0 aliphatic carbocycles. The number of carbonyl (C=O) groups excluding carboxylic acids is 1. The molecular weight excluding hydrogens is 416 g/mol. The molecule has 162 valence electrons. The summed E-state index contributed by atoms with van der Waals surface area (Å²) < 4.78 is 11.2. The summed E-state index contributed by atoms with van der Waals surface area (Å²) in [7, 11) is 0. The van der Waals surface area contributed by atoms with Crippen molar-refractivity contribution in [3.05, 3.63) is 71.1 Å². The first-order chi connectivity index (χ1) is 15.2. The van der Waals surface area contributed by atoms with Gasteiger partial charge in [-0.05, 0) is 23.8 Å². The third-order valence-electron chi connectivity index (χ3n) is 5.30. The molecule has 3 aromatic rings. The largest absolute Gasteiger partial charge is 0.421 e. The summed E-state index contributed by atoms with van der Waals surface area (Å²) in [4.78, 5) is 14.8. The molecule has 1 saturated heterocycles. The van der Waals surface area contributed by atoms with Crippen LogP contribution < -0.4 is 5.32 Å². The summed E-state index contributed by atoms with van der Waals surface area (Å²) in [5, 5.41) is 11.9. The minimum atomic E-state index is -0.0650. The van der Waals surface area contributed by atoms with Crippen LogP contribution in [0.25, 0.3) is 11.5 Å². The zero-order valence-corrected chi connectivity index (χ0v) is 17.9. The topological polar surface area (TPSA) is 80.5 Å². The Morgan fingerprint density at radius 1 is 1.06 bits per heavy atom. The van der Waals surface area contributed by atoms with Gasteiger partial charge in [-0.25, -0.2) is 0 Å². The number of hydrogen-bond donors (Lipinski definition) is 1. The van der Waals surface area contributed by atoms with E-state index in [2.05, 4.69) is 20.4 Å². The summed E-state index contributed by atoms with van der Waals surface area (Å²) >= 11 is 6.45. The second-order valence-corrected chi connectivity index (χ2v) is 7.76. The van der Waals surface area contributed by atoms with Gasteiger partial charge >= 0.3 is 0 Å². The van der Waals surface area contributed by atoms with E-state index >= 15 is 0 Å². The first kappa shape index (κ1) is 21.5. The summed E-state index contributed by atoms with van der Waals surface area (Å²) in [5.41, 5.74) is 1.87. The molecule has 0 radical (unpaired) electrons. The van der Waals surface area contributed by atoms with Crippen LogP contribution in [0.1, 0.15) is 23.9 Å². The zero-order valence-electron chi connectivity index (χ0n) is 17.2. The lowest BCUT2D eigenvalue weighted by molar-refractivity contribution is -0.121. The highest BCUT2D eigenvalue weighted by atomic mass is 35.5. The van der Waals surface area contributed by atoms with Crippen molar-refractivity contribution in [1.29, 1.82) is 0 Å². The number of carbonyl (C=O) groups is 1. The SMILES string of the molecule is O=C(CCc1nnc(-c2ccccc2)o1)NCC(c1ccccc1Cl)N1CCOCC1. The monoisotopic (exact) mass is 440 g/mol. The molecule has 1 unspecified atom stereocenters. The number of ether oxygens (including phenoxy) is 1. The highest BCUT2D eigenvalue weighted by molar-refractivity contribution is 6.31. The Balaban J connectivity index is 1.34. The third kappa shape index (κ3) is 5.70. The lowest BCUT2D eigenvalue weighted by Crippen LogP contribution is -2.44. The Bertz CT molecular complexity index is 989. The molecule has 2 aromatic carbocycles. The van der Waals surface area contributed by atoms with Gasteiger partial charge in [-0.2, -0.15) is 0 Å². The van der Waals surface area contributed by atoms with E-state index in [1.807, 2.05) is 54.6 Å². The predicted octanol–water partition coefficient (Wildman–Crippen LogP) is 3.51. The molecule has 1 N–H and O–H groups in total. The van der Waals surface area contributed by atoms with Crippen molar-refractivity contribution in [2.75, 3.05) is 32.8 Å². The first-order valence-electron chi connectivity index (χ1n) is 10.4. The van der Waals surface area contributed by atoms with Gasteiger partial charge in [0, 0.05) is 43.1 Å². The lowest BCUT2D eigenvalue weighted by Gasteiger charge is -2.35. The summed E-state index contributed by atoms with van der Waals surface area (Å²) in [6.45, 7) is 3.43. The molecule has 0 spiro atoms. The molecule has 1 aliphatic heterocycles. The maximum Gasteiger partial charge on any atom is 0.247 e. The van der Waals surface area contributed by atoms with E-state index in [4.69, 9.17) is 20.8 Å². The molecule has 4 rings (SSSR count). The molecular formula is C23H25ClN4O3. The standard InChI is InChI=1S/C23H25ClN4O3/c24-19-9-5-4-8-18(19)20(28-12-14-30-15-13-28)16-25-21(29)10-11-22-26-27-23(31-22)17-6-2-1-3-7-17/h1-9,20H,10-16H2,(H,25,29). The second kappa shape index (κ2) is 10.5. The van der Waals surface area contributed by atoms with Crippen LogP contribution in [0.15, 0.2) is 59.0 Å². The normalized spacial score (nSPS) is 15.5. The quantitative estimate of drug-likeness (QED) is 0.577. The van der Waals surface area contributed by atoms with Crippen LogP contribution >= 0.6 is 11.6 Å². The number of benzene rings is 2. The van der Waals surface area contributed by atoms with Gasteiger partial charge < -0.3 is 14.5 Å². The number of amides is 1. The van der Waals surface area contributed by atoms with Crippen LogP contribution in [-0.2, 0) is 16.0 Å². The Kier molecular flexibility index (Phi) is 7.30. The Morgan fingerprint density at radius 2 is 1.81 bits per heavy atom. The fourth-order valence-electron chi connectivity index (χ4n) is 3.64. The lowest BCUT2D eigenvalue weighted by atomic mass is 10.0. The van der Waals surface area contributed by atoms with Gasteiger partial charge in [0.25, 0.3) is 0 Å². The van der Waals surface area contributed by atoms with Crippen LogP contribution in [0.4, 0.5) is 0 Å². The van der Waals surface area contributed by atoms with Crippen LogP contribution in [-0.4, -0.2) is 53.9 Å². The summed E-state index contributed by atoms with van der Waals surface area (Å²) in [5.74, 6) is 0.844. The number of morpholine rings is 1. The molecule has 8 heteroatoms. The van der Waals surface area contributed by atoms with Crippen molar-refractivity contribution in [2.24, 2.45) is 0 Å². The van der Waals surface area contributed by atoms with E-state index in [0.717, 1.165) is 24.2 Å². The van der Waals surface area contributed by atoms with Crippen LogP contribution in [0.2, 0.25) is 5.02 Å². The Hall–Kier alpha value is -2.74. The summed E-state index contributed by atoms with van der Waals surface area (Å²) in [6.07, 6.45) is 0.661. The van der Waals surface area contributed by atoms with Gasteiger partial charge in [0.1, 0.15) is 0 Å². The van der Waals surface area contributed by atoms with Gasteiger partial charge in [0.2, 0.25) is 17.7 Å². The van der Waals surface area contributed by atoms with Crippen LogP contribution in [0.5, 0.6) is 0 Å². The maximum absolute atomic E-state index is 12.5. The maximum atomic E-state index is 12.5. The molecule has 2 heterocycles. The Labute approximate surface area is 186 Å². The highest BCUT2D eigenvalue weighted by Gasteiger charge is 2.25. The van der Waals surface area contributed by atoms with E-state index in [1.165, 1.54) is 0 Å². The molecule has 7 nitrogen and oxygen atoms in total. The fourth-order valence-corrected chi connectivity index (χ4v) is 3.90. The van der Waals surface area contributed by atoms with Crippen LogP contribution in [0.3, 0.4) is 0 Å². The molecule has 31 heavy (non-hydrogen) atoms. The van der Waals surface area contributed by atoms with Gasteiger partial charge in [0.05, 0.1) is 19.3 Å². The molecule has 1 atom stereocenters.